The third-order valence-corrected chi connectivity index (χ3v) is 7.07. The summed E-state index contributed by atoms with van der Waals surface area (Å²) in [6.07, 6.45) is 6.58. The number of fused-ring (bicyclic) bond motifs is 1. The van der Waals surface area contributed by atoms with Gasteiger partial charge >= 0.3 is 0 Å². The molecule has 2 saturated heterocycles. The van der Waals surface area contributed by atoms with Crippen LogP contribution in [0.1, 0.15) is 25.7 Å². The minimum absolute atomic E-state index is 0.523. The van der Waals surface area contributed by atoms with Gasteiger partial charge in [0.05, 0.1) is 18.9 Å². The summed E-state index contributed by atoms with van der Waals surface area (Å²) in [5, 5.41) is 7.80. The van der Waals surface area contributed by atoms with Gasteiger partial charge in [-0.2, -0.15) is 21.3 Å². The van der Waals surface area contributed by atoms with Crippen LogP contribution in [0.15, 0.2) is 23.2 Å². The molecule has 1 N–H and O–H groups in total. The monoisotopic (exact) mass is 425 g/mol. The third-order valence-electron chi connectivity index (χ3n) is 6.40. The summed E-state index contributed by atoms with van der Waals surface area (Å²) in [4.78, 5) is 19.5. The molecule has 5 heterocycles. The lowest BCUT2D eigenvalue weighted by molar-refractivity contribution is 0.0114. The number of ether oxygens (including phenoxy) is 1. The Morgan fingerprint density at radius 3 is 2.60 bits per heavy atom. The molecule has 0 aromatic carbocycles. The van der Waals surface area contributed by atoms with E-state index in [2.05, 4.69) is 41.5 Å². The molecule has 3 aliphatic rings. The summed E-state index contributed by atoms with van der Waals surface area (Å²) in [5.74, 6) is 1.70. The fourth-order valence-electron chi connectivity index (χ4n) is 4.51. The molecular weight excluding hydrogens is 398 g/mol. The maximum Gasteiger partial charge on any atom is 0.229 e. The number of imidazole rings is 1. The van der Waals surface area contributed by atoms with Crippen molar-refractivity contribution in [2.75, 3.05) is 49.6 Å². The Bertz CT molecular complexity index is 1000. The summed E-state index contributed by atoms with van der Waals surface area (Å²) in [6, 6.07) is 3.28. The van der Waals surface area contributed by atoms with E-state index in [1.165, 1.54) is 12.8 Å². The van der Waals surface area contributed by atoms with E-state index in [4.69, 9.17) is 14.7 Å². The van der Waals surface area contributed by atoms with Crippen LogP contribution in [0.2, 0.25) is 0 Å². The quantitative estimate of drug-likeness (QED) is 0.674. The Morgan fingerprint density at radius 1 is 1.03 bits per heavy atom. The van der Waals surface area contributed by atoms with Gasteiger partial charge in [-0.1, -0.05) is 0 Å². The van der Waals surface area contributed by atoms with E-state index in [0.29, 0.717) is 12.1 Å². The predicted octanol–water partition coefficient (Wildman–Crippen LogP) is 2.75. The van der Waals surface area contributed by atoms with Crippen molar-refractivity contribution in [2.45, 2.75) is 37.8 Å². The van der Waals surface area contributed by atoms with Crippen molar-refractivity contribution in [3.05, 3.63) is 23.2 Å². The van der Waals surface area contributed by atoms with Gasteiger partial charge in [-0.25, -0.2) is 4.98 Å². The van der Waals surface area contributed by atoms with Gasteiger partial charge in [0.2, 0.25) is 5.95 Å². The standard InChI is InChI=1S/C21H27N7OS/c1-2-15(1)23-19-18-20(28(14-22-18)17-5-12-30-13-17)25-21(24-19)27-6-3-16(4-7-27)26-8-10-29-11-9-26/h5,12-16H,1-4,6-11H2,(H,23,24,25). The minimum Gasteiger partial charge on any atom is -0.379 e. The first-order chi connectivity index (χ1) is 14.8. The highest BCUT2D eigenvalue weighted by molar-refractivity contribution is 7.08. The number of piperidine rings is 1. The number of nitrogens with one attached hydrogen (secondary N) is 1. The lowest BCUT2D eigenvalue weighted by atomic mass is 10.0. The average molecular weight is 426 g/mol. The SMILES string of the molecule is c1cc(-n2cnc3c(NC4CC4)nc(N4CCC(N5CCOCC5)CC4)nc32)cs1. The molecule has 3 aromatic rings. The van der Waals surface area contributed by atoms with Crippen molar-refractivity contribution in [2.24, 2.45) is 0 Å². The van der Waals surface area contributed by atoms with Gasteiger partial charge in [0.15, 0.2) is 17.0 Å². The number of rotatable bonds is 5. The molecule has 30 heavy (non-hydrogen) atoms. The zero-order valence-corrected chi connectivity index (χ0v) is 17.9. The zero-order valence-electron chi connectivity index (χ0n) is 17.0. The molecule has 1 aliphatic carbocycles. The minimum atomic E-state index is 0.523. The van der Waals surface area contributed by atoms with Gasteiger partial charge in [0.1, 0.15) is 6.33 Å². The average Bonchev–Trinajstić information content (AvgIpc) is 3.26. The molecule has 8 nitrogen and oxygen atoms in total. The normalized spacial score (nSPS) is 21.4. The summed E-state index contributed by atoms with van der Waals surface area (Å²) < 4.78 is 7.60. The maximum absolute atomic E-state index is 5.52. The molecule has 158 valence electrons. The number of morpholine rings is 1. The Labute approximate surface area is 179 Å². The fourth-order valence-corrected chi connectivity index (χ4v) is 5.14. The molecule has 2 aliphatic heterocycles. The summed E-state index contributed by atoms with van der Waals surface area (Å²) in [7, 11) is 0. The first-order valence-electron chi connectivity index (χ1n) is 11.0. The van der Waals surface area contributed by atoms with E-state index in [1.54, 1.807) is 11.3 Å². The molecule has 6 rings (SSSR count). The van der Waals surface area contributed by atoms with E-state index in [0.717, 1.165) is 80.9 Å². The molecule has 0 bridgehead atoms. The largest absolute Gasteiger partial charge is 0.379 e. The van der Waals surface area contributed by atoms with Gasteiger partial charge < -0.3 is 15.0 Å². The molecule has 3 fully saturated rings. The van der Waals surface area contributed by atoms with Crippen LogP contribution in [0.3, 0.4) is 0 Å². The smallest absolute Gasteiger partial charge is 0.229 e. The van der Waals surface area contributed by atoms with Crippen LogP contribution >= 0.6 is 11.3 Å². The highest BCUT2D eigenvalue weighted by Gasteiger charge is 2.29. The van der Waals surface area contributed by atoms with E-state index < -0.39 is 0 Å². The summed E-state index contributed by atoms with van der Waals surface area (Å²) in [5.41, 5.74) is 2.85. The van der Waals surface area contributed by atoms with Gasteiger partial charge in [-0.05, 0) is 37.1 Å². The first-order valence-corrected chi connectivity index (χ1v) is 11.9. The molecule has 0 amide bonds. The predicted molar refractivity (Wildman–Crippen MR) is 119 cm³/mol. The van der Waals surface area contributed by atoms with Crippen LogP contribution in [-0.4, -0.2) is 75.9 Å². The summed E-state index contributed by atoms with van der Waals surface area (Å²) in [6.45, 7) is 5.82. The molecule has 1 saturated carbocycles. The fraction of sp³-hybridized carbons (Fsp3) is 0.571. The van der Waals surface area contributed by atoms with Crippen LogP contribution in [0, 0.1) is 0 Å². The van der Waals surface area contributed by atoms with Crippen LogP contribution in [0.5, 0.6) is 0 Å². The number of thiophene rings is 1. The Balaban J connectivity index is 1.29. The van der Waals surface area contributed by atoms with E-state index >= 15 is 0 Å². The lowest BCUT2D eigenvalue weighted by Gasteiger charge is -2.40. The second-order valence-corrected chi connectivity index (χ2v) is 9.21. The second-order valence-electron chi connectivity index (χ2n) is 8.43. The van der Waals surface area contributed by atoms with Crippen molar-refractivity contribution < 1.29 is 4.74 Å². The van der Waals surface area contributed by atoms with Gasteiger partial charge in [0, 0.05) is 43.6 Å². The van der Waals surface area contributed by atoms with Crippen molar-refractivity contribution >= 4 is 34.3 Å². The highest BCUT2D eigenvalue weighted by atomic mass is 32.1. The molecule has 0 spiro atoms. The van der Waals surface area contributed by atoms with Crippen LogP contribution in [0.25, 0.3) is 16.9 Å². The second kappa shape index (κ2) is 7.79. The zero-order chi connectivity index (χ0) is 19.9. The van der Waals surface area contributed by atoms with Crippen molar-refractivity contribution in [1.29, 1.82) is 0 Å². The van der Waals surface area contributed by atoms with Crippen molar-refractivity contribution in [3.8, 4) is 5.69 Å². The number of hydrogen-bond donors (Lipinski definition) is 1. The lowest BCUT2D eigenvalue weighted by Crippen LogP contribution is -2.49. The van der Waals surface area contributed by atoms with Crippen LogP contribution < -0.4 is 10.2 Å². The van der Waals surface area contributed by atoms with E-state index in [9.17, 15) is 0 Å². The number of anilines is 2. The van der Waals surface area contributed by atoms with Crippen molar-refractivity contribution in [1.82, 2.24) is 24.4 Å². The van der Waals surface area contributed by atoms with Crippen LogP contribution in [0.4, 0.5) is 11.8 Å². The Morgan fingerprint density at radius 2 is 1.87 bits per heavy atom. The third kappa shape index (κ3) is 3.55. The van der Waals surface area contributed by atoms with E-state index in [1.807, 2.05) is 6.33 Å². The molecular formula is C21H27N7OS. The van der Waals surface area contributed by atoms with Gasteiger partial charge in [-0.15, -0.1) is 0 Å². The molecule has 0 radical (unpaired) electrons. The van der Waals surface area contributed by atoms with Gasteiger partial charge in [-0.3, -0.25) is 9.47 Å². The van der Waals surface area contributed by atoms with E-state index in [-0.39, 0.29) is 0 Å². The molecule has 3 aromatic heterocycles. The van der Waals surface area contributed by atoms with Gasteiger partial charge in [0.25, 0.3) is 0 Å². The highest BCUT2D eigenvalue weighted by Crippen LogP contribution is 2.31. The number of hydrogen-bond acceptors (Lipinski definition) is 8. The topological polar surface area (TPSA) is 71.3 Å². The Hall–Kier alpha value is -2.23. The maximum atomic E-state index is 5.52. The number of nitrogens with zero attached hydrogens (tertiary/aromatic N) is 6. The molecule has 0 atom stereocenters. The first kappa shape index (κ1) is 18.5. The molecule has 0 unspecified atom stereocenters. The Kier molecular flexibility index (Phi) is 4.81. The molecule has 9 heteroatoms. The summed E-state index contributed by atoms with van der Waals surface area (Å²) >= 11 is 1.69. The van der Waals surface area contributed by atoms with Crippen molar-refractivity contribution in [3.63, 3.8) is 0 Å². The number of aromatic nitrogens is 4. The van der Waals surface area contributed by atoms with Crippen LogP contribution in [-0.2, 0) is 4.74 Å².